The molecule has 7 nitrogen and oxygen atoms in total. The average Bonchev–Trinajstić information content (AvgIpc) is 3.11. The lowest BCUT2D eigenvalue weighted by atomic mass is 10.1. The van der Waals surface area contributed by atoms with Crippen LogP contribution in [0.1, 0.15) is 17.5 Å². The lowest BCUT2D eigenvalue weighted by molar-refractivity contribution is -0.147. The lowest BCUT2D eigenvalue weighted by Crippen LogP contribution is -2.20. The zero-order valence-electron chi connectivity index (χ0n) is 14.4. The number of thiophene rings is 1. The van der Waals surface area contributed by atoms with Crippen molar-refractivity contribution >= 4 is 28.2 Å². The van der Waals surface area contributed by atoms with Crippen LogP contribution in [0.5, 0.6) is 11.5 Å². The van der Waals surface area contributed by atoms with Crippen LogP contribution in [0.3, 0.4) is 0 Å². The fourth-order valence-corrected chi connectivity index (χ4v) is 2.91. The van der Waals surface area contributed by atoms with Gasteiger partial charge in [-0.25, -0.2) is 0 Å². The Morgan fingerprint density at radius 2 is 1.96 bits per heavy atom. The van der Waals surface area contributed by atoms with Crippen LogP contribution in [0.25, 0.3) is 0 Å². The number of aryl methyl sites for hydroxylation is 1. The number of methoxy groups -OCH3 is 2. The normalized spacial score (nSPS) is 9.88. The number of nitriles is 1. The van der Waals surface area contributed by atoms with E-state index in [0.29, 0.717) is 28.5 Å². The molecule has 8 heteroatoms. The van der Waals surface area contributed by atoms with Gasteiger partial charge in [0.1, 0.15) is 11.1 Å². The highest BCUT2D eigenvalue weighted by atomic mass is 32.1. The maximum atomic E-state index is 11.8. The van der Waals surface area contributed by atoms with Crippen molar-refractivity contribution in [2.24, 2.45) is 0 Å². The van der Waals surface area contributed by atoms with Crippen molar-refractivity contribution in [2.45, 2.75) is 12.8 Å². The molecule has 0 saturated heterocycles. The van der Waals surface area contributed by atoms with E-state index in [-0.39, 0.29) is 6.42 Å². The molecule has 0 unspecified atom stereocenters. The standard InChI is InChI=1S/C18H18N2O5S/c1-23-14-5-3-12(9-15(14)24-2)4-6-17(22)25-11-16(21)20-18-13(10-19)7-8-26-18/h3,5,7-9H,4,6,11H2,1-2H3,(H,20,21). The third-order valence-corrected chi connectivity index (χ3v) is 4.30. The van der Waals surface area contributed by atoms with Crippen molar-refractivity contribution in [3.05, 3.63) is 40.8 Å². The van der Waals surface area contributed by atoms with Gasteiger partial charge in [0.2, 0.25) is 0 Å². The van der Waals surface area contributed by atoms with Gasteiger partial charge in [-0.2, -0.15) is 5.26 Å². The van der Waals surface area contributed by atoms with E-state index in [1.165, 1.54) is 11.3 Å². The van der Waals surface area contributed by atoms with Gasteiger partial charge in [-0.15, -0.1) is 11.3 Å². The van der Waals surface area contributed by atoms with Gasteiger partial charge < -0.3 is 19.5 Å². The molecule has 26 heavy (non-hydrogen) atoms. The number of hydrogen-bond donors (Lipinski definition) is 1. The molecule has 0 spiro atoms. The van der Waals surface area contributed by atoms with E-state index in [9.17, 15) is 9.59 Å². The molecule has 1 aromatic carbocycles. The van der Waals surface area contributed by atoms with Crippen LogP contribution in [-0.2, 0) is 20.7 Å². The summed E-state index contributed by atoms with van der Waals surface area (Å²) in [5.41, 5.74) is 1.27. The van der Waals surface area contributed by atoms with E-state index in [2.05, 4.69) is 5.32 Å². The van der Waals surface area contributed by atoms with Crippen molar-refractivity contribution in [3.63, 3.8) is 0 Å². The van der Waals surface area contributed by atoms with Gasteiger partial charge in [0, 0.05) is 6.42 Å². The highest BCUT2D eigenvalue weighted by Gasteiger charge is 2.12. The van der Waals surface area contributed by atoms with Crippen molar-refractivity contribution in [1.29, 1.82) is 5.26 Å². The van der Waals surface area contributed by atoms with Gasteiger partial charge in [0.15, 0.2) is 18.1 Å². The van der Waals surface area contributed by atoms with Crippen LogP contribution in [0.2, 0.25) is 0 Å². The second kappa shape index (κ2) is 9.44. The molecule has 1 N–H and O–H groups in total. The molecule has 0 bridgehead atoms. The van der Waals surface area contributed by atoms with Crippen molar-refractivity contribution < 1.29 is 23.8 Å². The Kier molecular flexibility index (Phi) is 7.00. The largest absolute Gasteiger partial charge is 0.493 e. The smallest absolute Gasteiger partial charge is 0.306 e. The number of anilines is 1. The minimum absolute atomic E-state index is 0.130. The molecule has 1 heterocycles. The molecule has 2 rings (SSSR count). The quantitative estimate of drug-likeness (QED) is 0.714. The Balaban J connectivity index is 1.78. The molecule has 0 radical (unpaired) electrons. The van der Waals surface area contributed by atoms with Crippen molar-refractivity contribution in [1.82, 2.24) is 0 Å². The van der Waals surface area contributed by atoms with Crippen LogP contribution in [0.15, 0.2) is 29.6 Å². The molecule has 0 aliphatic rings. The number of hydrogen-bond acceptors (Lipinski definition) is 7. The Labute approximate surface area is 155 Å². The third-order valence-electron chi connectivity index (χ3n) is 3.47. The molecular formula is C18H18N2O5S. The summed E-state index contributed by atoms with van der Waals surface area (Å²) in [6, 6.07) is 8.97. The van der Waals surface area contributed by atoms with Gasteiger partial charge >= 0.3 is 5.97 Å². The molecule has 0 fully saturated rings. The van der Waals surface area contributed by atoms with Crippen LogP contribution >= 0.6 is 11.3 Å². The SMILES string of the molecule is COc1ccc(CCC(=O)OCC(=O)Nc2sccc2C#N)cc1OC. The average molecular weight is 374 g/mol. The molecular weight excluding hydrogens is 356 g/mol. The molecule has 1 amide bonds. The summed E-state index contributed by atoms with van der Waals surface area (Å²) in [5.74, 6) is 0.229. The fourth-order valence-electron chi connectivity index (χ4n) is 2.16. The predicted molar refractivity (Wildman–Crippen MR) is 96.5 cm³/mol. The Hall–Kier alpha value is -3.05. The van der Waals surface area contributed by atoms with Gasteiger partial charge in [-0.1, -0.05) is 6.07 Å². The maximum absolute atomic E-state index is 11.8. The fraction of sp³-hybridized carbons (Fsp3) is 0.278. The number of carbonyl (C=O) groups is 2. The highest BCUT2D eigenvalue weighted by molar-refractivity contribution is 7.14. The molecule has 136 valence electrons. The van der Waals surface area contributed by atoms with E-state index < -0.39 is 18.5 Å². The first-order valence-corrected chi connectivity index (χ1v) is 8.59. The first kappa shape index (κ1) is 19.3. The van der Waals surface area contributed by atoms with E-state index in [0.717, 1.165) is 5.56 Å². The third kappa shape index (κ3) is 5.22. The van der Waals surface area contributed by atoms with Crippen molar-refractivity contribution in [2.75, 3.05) is 26.1 Å². The van der Waals surface area contributed by atoms with Crippen LogP contribution < -0.4 is 14.8 Å². The van der Waals surface area contributed by atoms with Crippen LogP contribution in [0.4, 0.5) is 5.00 Å². The first-order valence-electron chi connectivity index (χ1n) is 7.71. The number of benzene rings is 1. The number of carbonyl (C=O) groups excluding carboxylic acids is 2. The zero-order valence-corrected chi connectivity index (χ0v) is 15.2. The van der Waals surface area contributed by atoms with Gasteiger partial charge in [0.05, 0.1) is 19.8 Å². The Morgan fingerprint density at radius 1 is 1.19 bits per heavy atom. The van der Waals surface area contributed by atoms with Gasteiger partial charge in [-0.3, -0.25) is 9.59 Å². The van der Waals surface area contributed by atoms with E-state index in [1.54, 1.807) is 37.8 Å². The number of esters is 1. The zero-order chi connectivity index (χ0) is 18.9. The number of ether oxygens (including phenoxy) is 3. The summed E-state index contributed by atoms with van der Waals surface area (Å²) in [6.07, 6.45) is 0.579. The second-order valence-electron chi connectivity index (χ2n) is 5.17. The van der Waals surface area contributed by atoms with E-state index >= 15 is 0 Å². The number of nitrogens with one attached hydrogen (secondary N) is 1. The second-order valence-corrected chi connectivity index (χ2v) is 6.09. The monoisotopic (exact) mass is 374 g/mol. The summed E-state index contributed by atoms with van der Waals surface area (Å²) in [7, 11) is 3.09. The number of nitrogens with zero attached hydrogens (tertiary/aromatic N) is 1. The molecule has 0 saturated carbocycles. The summed E-state index contributed by atoms with van der Waals surface area (Å²) in [5, 5.41) is 13.6. The number of amides is 1. The maximum Gasteiger partial charge on any atom is 0.306 e. The molecule has 0 aliphatic heterocycles. The highest BCUT2D eigenvalue weighted by Crippen LogP contribution is 2.28. The summed E-state index contributed by atoms with van der Waals surface area (Å²) in [6.45, 7) is -0.395. The molecule has 1 aromatic heterocycles. The molecule has 0 atom stereocenters. The number of rotatable bonds is 8. The van der Waals surface area contributed by atoms with Crippen molar-refractivity contribution in [3.8, 4) is 17.6 Å². The minimum atomic E-state index is -0.485. The van der Waals surface area contributed by atoms with E-state index in [4.69, 9.17) is 19.5 Å². The topological polar surface area (TPSA) is 97.6 Å². The van der Waals surface area contributed by atoms with Gasteiger partial charge in [0.25, 0.3) is 5.91 Å². The van der Waals surface area contributed by atoms with E-state index in [1.807, 2.05) is 12.1 Å². The summed E-state index contributed by atoms with van der Waals surface area (Å²) in [4.78, 5) is 23.6. The molecule has 2 aromatic rings. The first-order chi connectivity index (χ1) is 12.6. The molecule has 0 aliphatic carbocycles. The summed E-state index contributed by atoms with van der Waals surface area (Å²) < 4.78 is 15.3. The van der Waals surface area contributed by atoms with Crippen LogP contribution in [-0.4, -0.2) is 32.7 Å². The lowest BCUT2D eigenvalue weighted by Gasteiger charge is -2.09. The Morgan fingerprint density at radius 3 is 2.65 bits per heavy atom. The van der Waals surface area contributed by atoms with Gasteiger partial charge in [-0.05, 0) is 35.6 Å². The minimum Gasteiger partial charge on any atom is -0.493 e. The Bertz CT molecular complexity index is 825. The van der Waals surface area contributed by atoms with Crippen LogP contribution in [0, 0.1) is 11.3 Å². The summed E-state index contributed by atoms with van der Waals surface area (Å²) >= 11 is 1.23. The predicted octanol–water partition coefficient (Wildman–Crippen LogP) is 2.75.